The van der Waals surface area contributed by atoms with Crippen molar-refractivity contribution in [1.29, 1.82) is 0 Å². The Balaban J connectivity index is 3.26. The lowest BCUT2D eigenvalue weighted by Gasteiger charge is -2.10. The number of aliphatic carboxylic acids is 1. The van der Waals surface area contributed by atoms with E-state index >= 15 is 0 Å². The highest BCUT2D eigenvalue weighted by Gasteiger charge is 2.00. The maximum atomic E-state index is 11.2. The fourth-order valence-electron chi connectivity index (χ4n) is 1.26. The lowest BCUT2D eigenvalue weighted by atomic mass is 10.2. The Morgan fingerprint density at radius 3 is 2.18 bits per heavy atom. The molecule has 0 atom stereocenters. The first-order valence-corrected chi connectivity index (χ1v) is 5.90. The van der Waals surface area contributed by atoms with Crippen LogP contribution in [0.2, 0.25) is 0 Å². The summed E-state index contributed by atoms with van der Waals surface area (Å²) in [5, 5.41) is 13.8. The summed E-state index contributed by atoms with van der Waals surface area (Å²) in [5.74, 6) is -0.793. The third kappa shape index (κ3) is 12.6. The summed E-state index contributed by atoms with van der Waals surface area (Å²) in [6, 6.07) is -0.181. The molecule has 0 aromatic rings. The van der Waals surface area contributed by atoms with E-state index in [1.807, 2.05) is 14.1 Å². The SMILES string of the molecule is CN(C)CCCNC(=O)NCCCCC(=O)O. The van der Waals surface area contributed by atoms with Gasteiger partial charge in [0.15, 0.2) is 0 Å². The van der Waals surface area contributed by atoms with Crippen LogP contribution in [0.4, 0.5) is 4.79 Å². The minimum absolute atomic E-state index is 0.159. The van der Waals surface area contributed by atoms with Crippen molar-refractivity contribution in [3.8, 4) is 0 Å². The fraction of sp³-hybridized carbons (Fsp3) is 0.818. The van der Waals surface area contributed by atoms with Crippen molar-refractivity contribution < 1.29 is 14.7 Å². The van der Waals surface area contributed by atoms with E-state index in [2.05, 4.69) is 15.5 Å². The van der Waals surface area contributed by atoms with Gasteiger partial charge >= 0.3 is 12.0 Å². The minimum Gasteiger partial charge on any atom is -0.481 e. The van der Waals surface area contributed by atoms with Gasteiger partial charge in [0.1, 0.15) is 0 Å². The van der Waals surface area contributed by atoms with E-state index in [1.54, 1.807) is 0 Å². The number of carboxylic acids is 1. The van der Waals surface area contributed by atoms with Crippen LogP contribution in [0.3, 0.4) is 0 Å². The van der Waals surface area contributed by atoms with Gasteiger partial charge in [-0.25, -0.2) is 4.79 Å². The molecule has 17 heavy (non-hydrogen) atoms. The van der Waals surface area contributed by atoms with Gasteiger partial charge in [0, 0.05) is 19.5 Å². The Labute approximate surface area is 102 Å². The number of rotatable bonds is 9. The van der Waals surface area contributed by atoms with Gasteiger partial charge in [-0.15, -0.1) is 0 Å². The monoisotopic (exact) mass is 245 g/mol. The second-order valence-electron chi connectivity index (χ2n) is 4.19. The van der Waals surface area contributed by atoms with Crippen molar-refractivity contribution in [2.75, 3.05) is 33.7 Å². The van der Waals surface area contributed by atoms with Crippen LogP contribution in [-0.2, 0) is 4.79 Å². The summed E-state index contributed by atoms with van der Waals surface area (Å²) in [7, 11) is 3.98. The van der Waals surface area contributed by atoms with Crippen LogP contribution < -0.4 is 10.6 Å². The van der Waals surface area contributed by atoms with Crippen molar-refractivity contribution >= 4 is 12.0 Å². The molecule has 0 aliphatic rings. The number of amides is 2. The second kappa shape index (κ2) is 9.89. The van der Waals surface area contributed by atoms with Crippen LogP contribution in [0, 0.1) is 0 Å². The first-order valence-electron chi connectivity index (χ1n) is 5.90. The molecule has 100 valence electrons. The zero-order valence-electron chi connectivity index (χ0n) is 10.7. The highest BCUT2D eigenvalue weighted by atomic mass is 16.4. The molecule has 0 fully saturated rings. The third-order valence-electron chi connectivity index (χ3n) is 2.17. The number of hydrogen-bond acceptors (Lipinski definition) is 3. The average molecular weight is 245 g/mol. The quantitative estimate of drug-likeness (QED) is 0.516. The molecule has 0 bridgehead atoms. The Hall–Kier alpha value is -1.30. The van der Waals surface area contributed by atoms with E-state index < -0.39 is 5.97 Å². The molecule has 0 rings (SSSR count). The molecule has 0 heterocycles. The summed E-state index contributed by atoms with van der Waals surface area (Å²) >= 11 is 0. The topological polar surface area (TPSA) is 81.7 Å². The van der Waals surface area contributed by atoms with Crippen LogP contribution in [0.1, 0.15) is 25.7 Å². The van der Waals surface area contributed by atoms with Gasteiger partial charge in [0.2, 0.25) is 0 Å². The molecule has 0 aliphatic carbocycles. The van der Waals surface area contributed by atoms with Crippen molar-refractivity contribution in [3.05, 3.63) is 0 Å². The van der Waals surface area contributed by atoms with E-state index in [0.717, 1.165) is 13.0 Å². The zero-order chi connectivity index (χ0) is 13.1. The molecular weight excluding hydrogens is 222 g/mol. The second-order valence-corrected chi connectivity index (χ2v) is 4.19. The number of hydrogen-bond donors (Lipinski definition) is 3. The van der Waals surface area contributed by atoms with Gasteiger partial charge in [-0.05, 0) is 39.9 Å². The number of carbonyl (C=O) groups excluding carboxylic acids is 1. The molecule has 3 N–H and O–H groups in total. The molecule has 0 radical (unpaired) electrons. The van der Waals surface area contributed by atoms with Gasteiger partial charge < -0.3 is 20.6 Å². The molecule has 0 spiro atoms. The largest absolute Gasteiger partial charge is 0.481 e. The van der Waals surface area contributed by atoms with Gasteiger partial charge in [-0.3, -0.25) is 4.79 Å². The number of unbranched alkanes of at least 4 members (excludes halogenated alkanes) is 1. The van der Waals surface area contributed by atoms with Gasteiger partial charge in [-0.2, -0.15) is 0 Å². The first-order chi connectivity index (χ1) is 8.02. The number of urea groups is 1. The average Bonchev–Trinajstić information content (AvgIpc) is 2.23. The smallest absolute Gasteiger partial charge is 0.314 e. The van der Waals surface area contributed by atoms with Crippen LogP contribution in [0.25, 0.3) is 0 Å². The van der Waals surface area contributed by atoms with Gasteiger partial charge in [0.05, 0.1) is 0 Å². The normalized spacial score (nSPS) is 10.3. The highest BCUT2D eigenvalue weighted by Crippen LogP contribution is 1.93. The molecule has 0 aromatic heterocycles. The van der Waals surface area contributed by atoms with Crippen molar-refractivity contribution in [3.63, 3.8) is 0 Å². The lowest BCUT2D eigenvalue weighted by molar-refractivity contribution is -0.137. The Morgan fingerprint density at radius 1 is 1.06 bits per heavy atom. The summed E-state index contributed by atoms with van der Waals surface area (Å²) in [6.45, 7) is 2.12. The Bertz CT molecular complexity index is 232. The Kier molecular flexibility index (Phi) is 9.14. The van der Waals surface area contributed by atoms with E-state index in [4.69, 9.17) is 5.11 Å². The molecule has 0 unspecified atom stereocenters. The van der Waals surface area contributed by atoms with Crippen molar-refractivity contribution in [2.24, 2.45) is 0 Å². The number of nitrogens with zero attached hydrogens (tertiary/aromatic N) is 1. The van der Waals surface area contributed by atoms with Crippen LogP contribution in [0.5, 0.6) is 0 Å². The van der Waals surface area contributed by atoms with E-state index in [-0.39, 0.29) is 12.5 Å². The zero-order valence-corrected chi connectivity index (χ0v) is 10.7. The number of carbonyl (C=O) groups is 2. The predicted octanol–water partition coefficient (Wildman–Crippen LogP) is 0.492. The van der Waals surface area contributed by atoms with E-state index in [0.29, 0.717) is 25.9 Å². The summed E-state index contributed by atoms with van der Waals surface area (Å²) in [6.07, 6.45) is 2.36. The molecule has 0 aromatic carbocycles. The van der Waals surface area contributed by atoms with E-state index in [1.165, 1.54) is 0 Å². The molecule has 0 saturated heterocycles. The number of nitrogens with one attached hydrogen (secondary N) is 2. The van der Waals surface area contributed by atoms with Crippen molar-refractivity contribution in [2.45, 2.75) is 25.7 Å². The summed E-state index contributed by atoms with van der Waals surface area (Å²) in [5.41, 5.74) is 0. The van der Waals surface area contributed by atoms with Crippen LogP contribution in [-0.4, -0.2) is 55.7 Å². The number of carboxylic acid groups (broad SMARTS) is 1. The molecule has 0 saturated carbocycles. The predicted molar refractivity (Wildman–Crippen MR) is 66.1 cm³/mol. The van der Waals surface area contributed by atoms with Crippen LogP contribution >= 0.6 is 0 Å². The third-order valence-corrected chi connectivity index (χ3v) is 2.17. The van der Waals surface area contributed by atoms with E-state index in [9.17, 15) is 9.59 Å². The standard InChI is InChI=1S/C11H23N3O3/c1-14(2)9-5-8-13-11(17)12-7-4-3-6-10(15)16/h3-9H2,1-2H3,(H,15,16)(H2,12,13,17). The lowest BCUT2D eigenvalue weighted by Crippen LogP contribution is -2.37. The molecule has 6 heteroatoms. The van der Waals surface area contributed by atoms with Gasteiger partial charge in [-0.1, -0.05) is 0 Å². The maximum Gasteiger partial charge on any atom is 0.314 e. The fourth-order valence-corrected chi connectivity index (χ4v) is 1.26. The molecule has 6 nitrogen and oxygen atoms in total. The summed E-state index contributed by atoms with van der Waals surface area (Å²) < 4.78 is 0. The van der Waals surface area contributed by atoms with Crippen LogP contribution in [0.15, 0.2) is 0 Å². The summed E-state index contributed by atoms with van der Waals surface area (Å²) in [4.78, 5) is 23.5. The Morgan fingerprint density at radius 2 is 1.65 bits per heavy atom. The molecule has 2 amide bonds. The van der Waals surface area contributed by atoms with Gasteiger partial charge in [0.25, 0.3) is 0 Å². The molecule has 0 aliphatic heterocycles. The molecular formula is C11H23N3O3. The highest BCUT2D eigenvalue weighted by molar-refractivity contribution is 5.73. The minimum atomic E-state index is -0.793. The maximum absolute atomic E-state index is 11.2. The van der Waals surface area contributed by atoms with Crippen molar-refractivity contribution in [1.82, 2.24) is 15.5 Å². The first kappa shape index (κ1) is 15.7.